The summed E-state index contributed by atoms with van der Waals surface area (Å²) in [5.41, 5.74) is 5.45. The Kier molecular flexibility index (Phi) is 6.28. The molecule has 2 nitrogen and oxygen atoms in total. The van der Waals surface area contributed by atoms with Crippen molar-refractivity contribution < 1.29 is 0 Å². The molecule has 0 aromatic heterocycles. The van der Waals surface area contributed by atoms with Crippen LogP contribution in [0.4, 0.5) is 5.69 Å². The van der Waals surface area contributed by atoms with Crippen LogP contribution in [0.2, 0.25) is 19.6 Å². The molecule has 0 fully saturated rings. The Balaban J connectivity index is 2.84. The Morgan fingerprint density at radius 2 is 1.89 bits per heavy atom. The Labute approximate surface area is 117 Å². The predicted octanol–water partition coefficient (Wildman–Crippen LogP) is 4.33. The van der Waals surface area contributed by atoms with Crippen molar-refractivity contribution in [3.8, 4) is 11.5 Å². The van der Waals surface area contributed by atoms with Crippen LogP contribution in [0.5, 0.6) is 0 Å². The smallest absolute Gasteiger partial charge is 0.129 e. The summed E-state index contributed by atoms with van der Waals surface area (Å²) < 4.78 is 0. The second-order valence-electron chi connectivity index (χ2n) is 5.45. The van der Waals surface area contributed by atoms with E-state index in [1.807, 2.05) is 18.2 Å². The van der Waals surface area contributed by atoms with Gasteiger partial charge in [-0.25, -0.2) is 4.99 Å². The zero-order valence-corrected chi connectivity index (χ0v) is 13.3. The summed E-state index contributed by atoms with van der Waals surface area (Å²) in [6.45, 7) is 9.62. The number of nitrogens with zero attached hydrogens (tertiary/aromatic N) is 2. The highest BCUT2D eigenvalue weighted by molar-refractivity contribution is 6.83. The molecular weight excluding hydrogens is 248 g/mol. The highest BCUT2D eigenvalue weighted by Crippen LogP contribution is 2.18. The van der Waals surface area contributed by atoms with Gasteiger partial charge in [-0.15, -0.1) is 11.5 Å². The average molecular weight is 270 g/mol. The van der Waals surface area contributed by atoms with Crippen LogP contribution < -0.4 is 0 Å². The molecule has 0 aliphatic heterocycles. The van der Waals surface area contributed by atoms with E-state index < -0.39 is 8.07 Å². The van der Waals surface area contributed by atoms with E-state index in [1.165, 1.54) is 0 Å². The Hall–Kier alpha value is -1.62. The quantitative estimate of drug-likeness (QED) is 0.442. The summed E-state index contributed by atoms with van der Waals surface area (Å²) in [7, 11) is -1.29. The minimum atomic E-state index is -1.29. The molecule has 19 heavy (non-hydrogen) atoms. The van der Waals surface area contributed by atoms with Crippen molar-refractivity contribution in [2.75, 3.05) is 6.54 Å². The van der Waals surface area contributed by atoms with Gasteiger partial charge < -0.3 is 0 Å². The molecule has 0 unspecified atom stereocenters. The Morgan fingerprint density at radius 3 is 2.58 bits per heavy atom. The van der Waals surface area contributed by atoms with Gasteiger partial charge in [0.1, 0.15) is 8.07 Å². The van der Waals surface area contributed by atoms with Gasteiger partial charge in [0.05, 0.1) is 11.7 Å². The maximum Gasteiger partial charge on any atom is 0.129 e. The zero-order chi connectivity index (χ0) is 14.1. The molecule has 0 saturated heterocycles. The van der Waals surface area contributed by atoms with Crippen molar-refractivity contribution in [3.05, 3.63) is 29.8 Å². The third kappa shape index (κ3) is 6.76. The molecule has 0 aliphatic rings. The molecule has 0 bridgehead atoms. The summed E-state index contributed by atoms with van der Waals surface area (Å²) in [5, 5.41) is 0. The van der Waals surface area contributed by atoms with E-state index in [4.69, 9.17) is 0 Å². The Bertz CT molecular complexity index is 524. The van der Waals surface area contributed by atoms with E-state index >= 15 is 0 Å². The largest absolute Gasteiger partial charge is 0.225 e. The standard InChI is InChI=1S/C16H22N2Si/c1-5-12-17-14-18-16-11-7-6-9-15(16)10-8-13-19(2,3)4/h6-7,9,11H,5,10,12H2,1-4H3. The molecule has 1 aromatic carbocycles. The van der Waals surface area contributed by atoms with Crippen molar-refractivity contribution in [2.45, 2.75) is 39.4 Å². The zero-order valence-electron chi connectivity index (χ0n) is 12.3. The fourth-order valence-corrected chi connectivity index (χ4v) is 2.04. The SMILES string of the molecule is CCCN=C=Nc1ccccc1CC#C[Si](C)(C)C. The molecule has 0 saturated carbocycles. The highest BCUT2D eigenvalue weighted by atomic mass is 28.3. The van der Waals surface area contributed by atoms with Crippen LogP contribution >= 0.6 is 0 Å². The average Bonchev–Trinajstić information content (AvgIpc) is 2.35. The number of rotatable bonds is 4. The first-order valence-electron chi connectivity index (χ1n) is 6.73. The molecule has 0 amide bonds. The van der Waals surface area contributed by atoms with Gasteiger partial charge in [-0.2, -0.15) is 4.99 Å². The van der Waals surface area contributed by atoms with Crippen LogP contribution in [0.1, 0.15) is 18.9 Å². The van der Waals surface area contributed by atoms with Crippen molar-refractivity contribution in [3.63, 3.8) is 0 Å². The first kappa shape index (κ1) is 15.4. The van der Waals surface area contributed by atoms with Crippen LogP contribution in [-0.2, 0) is 6.42 Å². The van der Waals surface area contributed by atoms with Gasteiger partial charge in [-0.3, -0.25) is 0 Å². The van der Waals surface area contributed by atoms with Gasteiger partial charge in [0.2, 0.25) is 0 Å². The number of hydrogen-bond acceptors (Lipinski definition) is 2. The molecule has 1 rings (SSSR count). The molecule has 0 heterocycles. The summed E-state index contributed by atoms with van der Waals surface area (Å²) in [5.74, 6) is 3.28. The van der Waals surface area contributed by atoms with Crippen molar-refractivity contribution in [2.24, 2.45) is 9.98 Å². The molecule has 0 atom stereocenters. The molecule has 1 aromatic rings. The maximum absolute atomic E-state index is 4.29. The second-order valence-corrected chi connectivity index (χ2v) is 10.2. The monoisotopic (exact) mass is 270 g/mol. The van der Waals surface area contributed by atoms with Crippen LogP contribution in [0.3, 0.4) is 0 Å². The molecule has 0 radical (unpaired) electrons. The van der Waals surface area contributed by atoms with Gasteiger partial charge in [-0.05, 0) is 18.1 Å². The molecule has 0 spiro atoms. The summed E-state index contributed by atoms with van der Waals surface area (Å²) in [6.07, 6.45) is 1.77. The minimum Gasteiger partial charge on any atom is -0.225 e. The van der Waals surface area contributed by atoms with Gasteiger partial charge in [-0.1, -0.05) is 44.8 Å². The fraction of sp³-hybridized carbons (Fsp3) is 0.438. The first-order valence-corrected chi connectivity index (χ1v) is 10.2. The van der Waals surface area contributed by atoms with E-state index in [2.05, 4.69) is 60.1 Å². The lowest BCUT2D eigenvalue weighted by Gasteiger charge is -2.04. The lowest BCUT2D eigenvalue weighted by atomic mass is 10.1. The van der Waals surface area contributed by atoms with E-state index in [1.54, 1.807) is 0 Å². The van der Waals surface area contributed by atoms with Crippen LogP contribution in [-0.4, -0.2) is 20.6 Å². The number of para-hydroxylation sites is 1. The number of hydrogen-bond donors (Lipinski definition) is 0. The van der Waals surface area contributed by atoms with Gasteiger partial charge in [0.25, 0.3) is 0 Å². The third-order valence-electron chi connectivity index (χ3n) is 2.31. The first-order chi connectivity index (χ1) is 9.03. The molecular formula is C16H22N2Si. The normalized spacial score (nSPS) is 10.1. The topological polar surface area (TPSA) is 24.7 Å². The van der Waals surface area contributed by atoms with Crippen molar-refractivity contribution in [1.29, 1.82) is 0 Å². The van der Waals surface area contributed by atoms with Crippen molar-refractivity contribution >= 4 is 19.8 Å². The third-order valence-corrected chi connectivity index (χ3v) is 3.24. The van der Waals surface area contributed by atoms with Crippen LogP contribution in [0.15, 0.2) is 34.3 Å². The lowest BCUT2D eigenvalue weighted by Crippen LogP contribution is -2.16. The highest BCUT2D eigenvalue weighted by Gasteiger charge is 2.07. The summed E-state index contributed by atoms with van der Waals surface area (Å²) in [4.78, 5) is 8.39. The van der Waals surface area contributed by atoms with Gasteiger partial charge in [0.15, 0.2) is 0 Å². The van der Waals surface area contributed by atoms with E-state index in [9.17, 15) is 0 Å². The van der Waals surface area contributed by atoms with E-state index in [0.717, 1.165) is 30.6 Å². The van der Waals surface area contributed by atoms with Gasteiger partial charge in [0, 0.05) is 13.0 Å². The van der Waals surface area contributed by atoms with Crippen LogP contribution in [0.25, 0.3) is 0 Å². The van der Waals surface area contributed by atoms with Crippen molar-refractivity contribution in [1.82, 2.24) is 0 Å². The summed E-state index contributed by atoms with van der Waals surface area (Å²) >= 11 is 0. The number of benzene rings is 1. The van der Waals surface area contributed by atoms with Gasteiger partial charge >= 0.3 is 0 Å². The van der Waals surface area contributed by atoms with Crippen LogP contribution in [0, 0.1) is 11.5 Å². The molecule has 0 aliphatic carbocycles. The maximum atomic E-state index is 4.29. The molecule has 3 heteroatoms. The lowest BCUT2D eigenvalue weighted by molar-refractivity contribution is 0.937. The fourth-order valence-electron chi connectivity index (χ4n) is 1.42. The predicted molar refractivity (Wildman–Crippen MR) is 85.9 cm³/mol. The Morgan fingerprint density at radius 1 is 1.16 bits per heavy atom. The number of aliphatic imine (C=N–C) groups is 2. The van der Waals surface area contributed by atoms with E-state index in [0.29, 0.717) is 0 Å². The molecule has 100 valence electrons. The minimum absolute atomic E-state index is 0.749. The van der Waals surface area contributed by atoms with E-state index in [-0.39, 0.29) is 0 Å². The summed E-state index contributed by atoms with van der Waals surface area (Å²) in [6, 6.07) is 10.8. The molecule has 0 N–H and O–H groups in total. The second kappa shape index (κ2) is 7.73.